The fourth-order valence-electron chi connectivity index (χ4n) is 2.64. The molecule has 0 aromatic carbocycles. The second-order valence-electron chi connectivity index (χ2n) is 5.94. The fraction of sp³-hybridized carbons (Fsp3) is 0.625. The van der Waals surface area contributed by atoms with Crippen LogP contribution >= 0.6 is 0 Å². The molecule has 10 heteroatoms. The van der Waals surface area contributed by atoms with Gasteiger partial charge in [0, 0.05) is 31.6 Å². The summed E-state index contributed by atoms with van der Waals surface area (Å²) in [6, 6.07) is 3.28. The highest BCUT2D eigenvalue weighted by molar-refractivity contribution is 5.76. The van der Waals surface area contributed by atoms with E-state index < -0.39 is 31.2 Å². The minimum atomic E-state index is -5.67. The zero-order chi connectivity index (χ0) is 19.4. The van der Waals surface area contributed by atoms with Crippen molar-refractivity contribution in [1.29, 1.82) is 0 Å². The first-order valence-corrected chi connectivity index (χ1v) is 7.93. The molecule has 1 amide bonds. The van der Waals surface area contributed by atoms with Gasteiger partial charge in [0.15, 0.2) is 0 Å². The summed E-state index contributed by atoms with van der Waals surface area (Å²) < 4.78 is 71.6. The molecule has 1 aromatic rings. The maximum Gasteiger partial charge on any atom is 0.455 e. The van der Waals surface area contributed by atoms with Crippen LogP contribution in [0.25, 0.3) is 0 Å². The van der Waals surface area contributed by atoms with E-state index in [1.807, 2.05) is 6.07 Å². The Labute approximate surface area is 147 Å². The highest BCUT2D eigenvalue weighted by Crippen LogP contribution is 2.35. The summed E-state index contributed by atoms with van der Waals surface area (Å²) in [6.45, 7) is -1.89. The van der Waals surface area contributed by atoms with Crippen LogP contribution in [-0.4, -0.2) is 60.8 Å². The molecule has 0 unspecified atom stereocenters. The van der Waals surface area contributed by atoms with Crippen LogP contribution in [0.2, 0.25) is 0 Å². The van der Waals surface area contributed by atoms with Crippen molar-refractivity contribution in [2.75, 3.05) is 26.9 Å². The Balaban J connectivity index is 1.84. The van der Waals surface area contributed by atoms with Crippen LogP contribution in [0, 0.1) is 0 Å². The smallest absolute Gasteiger partial charge is 0.374 e. The molecule has 0 bridgehead atoms. The van der Waals surface area contributed by atoms with E-state index in [9.17, 15) is 26.7 Å². The van der Waals surface area contributed by atoms with Crippen molar-refractivity contribution in [3.05, 3.63) is 30.1 Å². The van der Waals surface area contributed by atoms with E-state index in [4.69, 9.17) is 4.74 Å². The molecule has 2 rings (SSSR count). The van der Waals surface area contributed by atoms with E-state index >= 15 is 0 Å². The molecule has 2 atom stereocenters. The first-order chi connectivity index (χ1) is 12.1. The summed E-state index contributed by atoms with van der Waals surface area (Å²) in [6.07, 6.45) is -2.53. The molecule has 0 saturated carbocycles. The molecule has 0 aliphatic carbocycles. The molecule has 0 radical (unpaired) electrons. The van der Waals surface area contributed by atoms with E-state index in [1.54, 1.807) is 18.5 Å². The highest BCUT2D eigenvalue weighted by atomic mass is 19.4. The van der Waals surface area contributed by atoms with Gasteiger partial charge in [0.05, 0.1) is 19.1 Å². The van der Waals surface area contributed by atoms with Crippen molar-refractivity contribution >= 4 is 5.91 Å². The summed E-state index contributed by atoms with van der Waals surface area (Å²) in [7, 11) is 1.54. The molecule has 5 nitrogen and oxygen atoms in total. The van der Waals surface area contributed by atoms with Crippen molar-refractivity contribution in [1.82, 2.24) is 9.88 Å². The van der Waals surface area contributed by atoms with Gasteiger partial charge in [-0.25, -0.2) is 0 Å². The molecule has 146 valence electrons. The van der Waals surface area contributed by atoms with Gasteiger partial charge in [-0.1, -0.05) is 6.07 Å². The number of carbonyl (C=O) groups is 1. The van der Waals surface area contributed by atoms with Crippen molar-refractivity contribution in [2.24, 2.45) is 0 Å². The largest absolute Gasteiger partial charge is 0.455 e. The zero-order valence-electron chi connectivity index (χ0n) is 14.0. The number of ether oxygens (including phenoxy) is 2. The standard InChI is InChI=1S/C16H19F5N2O3/c1-23(12-4-8-26-14(12)11-3-2-6-22-9-11)13(24)5-7-25-10-15(17,18)16(19,20)21/h2-3,6,9,12,14H,4-5,7-8,10H2,1H3/t12-,14+/m0/s1. The Morgan fingerprint density at radius 1 is 1.38 bits per heavy atom. The molecule has 26 heavy (non-hydrogen) atoms. The van der Waals surface area contributed by atoms with Gasteiger partial charge < -0.3 is 14.4 Å². The van der Waals surface area contributed by atoms with Crippen LogP contribution in [0.15, 0.2) is 24.5 Å². The first kappa shape index (κ1) is 20.5. The number of alkyl halides is 5. The predicted molar refractivity (Wildman–Crippen MR) is 80.5 cm³/mol. The third-order valence-corrected chi connectivity index (χ3v) is 4.12. The van der Waals surface area contributed by atoms with Crippen molar-refractivity contribution in [3.63, 3.8) is 0 Å². The van der Waals surface area contributed by atoms with Crippen molar-refractivity contribution < 1.29 is 36.2 Å². The van der Waals surface area contributed by atoms with Gasteiger partial charge in [-0.05, 0) is 12.5 Å². The van der Waals surface area contributed by atoms with Gasteiger partial charge in [-0.15, -0.1) is 0 Å². The Hall–Kier alpha value is -1.81. The second kappa shape index (κ2) is 8.26. The van der Waals surface area contributed by atoms with E-state index in [-0.39, 0.29) is 18.6 Å². The summed E-state index contributed by atoms with van der Waals surface area (Å²) in [4.78, 5) is 17.6. The Bertz CT molecular complexity index is 597. The minimum absolute atomic E-state index is 0.275. The maximum atomic E-state index is 12.7. The topological polar surface area (TPSA) is 51.7 Å². The number of amides is 1. The summed E-state index contributed by atoms with van der Waals surface area (Å²) in [5, 5.41) is 0. The third-order valence-electron chi connectivity index (χ3n) is 4.12. The van der Waals surface area contributed by atoms with Crippen molar-refractivity contribution in [2.45, 2.75) is 37.1 Å². The number of pyridine rings is 1. The predicted octanol–water partition coefficient (Wildman–Crippen LogP) is 2.97. The molecule has 1 aromatic heterocycles. The lowest BCUT2D eigenvalue weighted by molar-refractivity contribution is -0.296. The van der Waals surface area contributed by atoms with Crippen LogP contribution < -0.4 is 0 Å². The molecule has 2 heterocycles. The Kier molecular flexibility index (Phi) is 6.51. The second-order valence-corrected chi connectivity index (χ2v) is 5.94. The molecule has 1 fully saturated rings. The molecule has 1 aliphatic heterocycles. The molecule has 0 N–H and O–H groups in total. The number of hydrogen-bond donors (Lipinski definition) is 0. The summed E-state index contributed by atoms with van der Waals surface area (Å²) >= 11 is 0. The molecule has 1 aliphatic rings. The van der Waals surface area contributed by atoms with Gasteiger partial charge in [-0.3, -0.25) is 9.78 Å². The van der Waals surface area contributed by atoms with Gasteiger partial charge in [0.25, 0.3) is 0 Å². The Morgan fingerprint density at radius 3 is 2.73 bits per heavy atom. The van der Waals surface area contributed by atoms with Gasteiger partial charge in [0.2, 0.25) is 5.91 Å². The van der Waals surface area contributed by atoms with Crippen LogP contribution in [-0.2, 0) is 14.3 Å². The number of hydrogen-bond acceptors (Lipinski definition) is 4. The first-order valence-electron chi connectivity index (χ1n) is 7.93. The average Bonchev–Trinajstić information content (AvgIpc) is 3.07. The van der Waals surface area contributed by atoms with E-state index in [2.05, 4.69) is 9.72 Å². The van der Waals surface area contributed by atoms with Crippen LogP contribution in [0.5, 0.6) is 0 Å². The third kappa shape index (κ3) is 4.88. The number of aromatic nitrogens is 1. The number of likely N-dealkylation sites (N-methyl/N-ethyl adjacent to an activating group) is 1. The lowest BCUT2D eigenvalue weighted by Crippen LogP contribution is -2.41. The quantitative estimate of drug-likeness (QED) is 0.538. The van der Waals surface area contributed by atoms with Crippen LogP contribution in [0.3, 0.4) is 0 Å². The zero-order valence-corrected chi connectivity index (χ0v) is 14.0. The van der Waals surface area contributed by atoms with Gasteiger partial charge in [-0.2, -0.15) is 22.0 Å². The van der Waals surface area contributed by atoms with E-state index in [0.717, 1.165) is 5.56 Å². The lowest BCUT2D eigenvalue weighted by Gasteiger charge is -2.29. The van der Waals surface area contributed by atoms with Gasteiger partial charge >= 0.3 is 12.1 Å². The van der Waals surface area contributed by atoms with Crippen LogP contribution in [0.4, 0.5) is 22.0 Å². The summed E-state index contributed by atoms with van der Waals surface area (Å²) in [5.74, 6) is -5.36. The van der Waals surface area contributed by atoms with Crippen molar-refractivity contribution in [3.8, 4) is 0 Å². The number of nitrogens with zero attached hydrogens (tertiary/aromatic N) is 2. The molecule has 0 spiro atoms. The number of halogens is 5. The fourth-order valence-corrected chi connectivity index (χ4v) is 2.64. The normalized spacial score (nSPS) is 21.0. The molecular formula is C16H19F5N2O3. The highest BCUT2D eigenvalue weighted by Gasteiger charge is 2.57. The average molecular weight is 382 g/mol. The Morgan fingerprint density at radius 2 is 2.12 bits per heavy atom. The maximum absolute atomic E-state index is 12.7. The number of rotatable bonds is 7. The van der Waals surface area contributed by atoms with Gasteiger partial charge in [0.1, 0.15) is 12.7 Å². The monoisotopic (exact) mass is 382 g/mol. The molecular weight excluding hydrogens is 363 g/mol. The van der Waals surface area contributed by atoms with Crippen LogP contribution in [0.1, 0.15) is 24.5 Å². The lowest BCUT2D eigenvalue weighted by atomic mass is 10.0. The number of carbonyl (C=O) groups excluding carboxylic acids is 1. The minimum Gasteiger partial charge on any atom is -0.374 e. The van der Waals surface area contributed by atoms with E-state index in [0.29, 0.717) is 13.0 Å². The van der Waals surface area contributed by atoms with E-state index in [1.165, 1.54) is 11.9 Å². The SMILES string of the molecule is CN(C(=O)CCOCC(F)(F)C(F)(F)F)[C@H]1CCO[C@@H]1c1cccnc1. The summed E-state index contributed by atoms with van der Waals surface area (Å²) in [5.41, 5.74) is 0.802. The molecule has 1 saturated heterocycles.